The third kappa shape index (κ3) is 5.13. The molecule has 0 spiro atoms. The van der Waals surface area contributed by atoms with Crippen LogP contribution in [-0.2, 0) is 16.0 Å². The number of nitrogens with zero attached hydrogens (tertiary/aromatic N) is 1. The van der Waals surface area contributed by atoms with E-state index in [2.05, 4.69) is 35.0 Å². The minimum Gasteiger partial charge on any atom is -0.481 e. The van der Waals surface area contributed by atoms with Gasteiger partial charge in [0.25, 0.3) is 5.91 Å². The van der Waals surface area contributed by atoms with Crippen LogP contribution in [0.1, 0.15) is 61.8 Å². The highest BCUT2D eigenvalue weighted by Gasteiger charge is 2.36. The Morgan fingerprint density at radius 1 is 1.18 bits per heavy atom. The fraction of sp³-hybridized carbons (Fsp3) is 0.429. The molecule has 2 aromatic carbocycles. The summed E-state index contributed by atoms with van der Waals surface area (Å²) >= 11 is 0. The summed E-state index contributed by atoms with van der Waals surface area (Å²) in [5.74, 6) is 0.919. The molecule has 5 nitrogen and oxygen atoms in total. The van der Waals surface area contributed by atoms with Crippen LogP contribution in [0.15, 0.2) is 61.2 Å². The molecule has 2 unspecified atom stereocenters. The SMILES string of the molecule is C=CCNC(=O)C(CC)Oc1ccc2c(c1)C(c1ccccc1)N(C(=O)C1CCCC1)CC2. The van der Waals surface area contributed by atoms with Crippen LogP contribution < -0.4 is 10.1 Å². The molecule has 2 aromatic rings. The van der Waals surface area contributed by atoms with E-state index in [9.17, 15) is 9.59 Å². The molecule has 0 saturated heterocycles. The molecule has 5 heteroatoms. The number of rotatable bonds is 8. The lowest BCUT2D eigenvalue weighted by molar-refractivity contribution is -0.137. The van der Waals surface area contributed by atoms with Crippen LogP contribution in [0.25, 0.3) is 0 Å². The first kappa shape index (κ1) is 23.1. The Bertz CT molecular complexity index is 982. The average molecular weight is 447 g/mol. The zero-order chi connectivity index (χ0) is 23.2. The van der Waals surface area contributed by atoms with Crippen molar-refractivity contribution in [2.75, 3.05) is 13.1 Å². The van der Waals surface area contributed by atoms with Crippen molar-refractivity contribution in [2.24, 2.45) is 5.92 Å². The first-order chi connectivity index (χ1) is 16.1. The molecule has 1 heterocycles. The number of hydrogen-bond donors (Lipinski definition) is 1. The Morgan fingerprint density at radius 3 is 2.64 bits per heavy atom. The molecule has 4 rings (SSSR count). The highest BCUT2D eigenvalue weighted by molar-refractivity contribution is 5.81. The summed E-state index contributed by atoms with van der Waals surface area (Å²) in [4.78, 5) is 28.1. The van der Waals surface area contributed by atoms with Gasteiger partial charge in [-0.3, -0.25) is 9.59 Å². The topological polar surface area (TPSA) is 58.6 Å². The van der Waals surface area contributed by atoms with Crippen molar-refractivity contribution in [3.63, 3.8) is 0 Å². The standard InChI is InChI=1S/C28H34N2O3/c1-3-17-29-27(31)25(4-2)33-23-15-14-20-16-18-30(28(32)22-12-8-9-13-22)26(24(20)19-23)21-10-6-5-7-11-21/h3,5-7,10-11,14-15,19,22,25-26H,1,4,8-9,12-13,16-18H2,2H3,(H,29,31). The molecule has 1 N–H and O–H groups in total. The van der Waals surface area contributed by atoms with E-state index in [0.29, 0.717) is 18.7 Å². The summed E-state index contributed by atoms with van der Waals surface area (Å²) in [5, 5.41) is 2.82. The van der Waals surface area contributed by atoms with Crippen LogP contribution in [0.2, 0.25) is 0 Å². The van der Waals surface area contributed by atoms with Gasteiger partial charge in [-0.05, 0) is 54.5 Å². The van der Waals surface area contributed by atoms with Gasteiger partial charge >= 0.3 is 0 Å². The van der Waals surface area contributed by atoms with E-state index in [-0.39, 0.29) is 23.8 Å². The summed E-state index contributed by atoms with van der Waals surface area (Å²) in [5.41, 5.74) is 3.44. The van der Waals surface area contributed by atoms with Gasteiger partial charge in [-0.25, -0.2) is 0 Å². The number of fused-ring (bicyclic) bond motifs is 1. The molecule has 1 fully saturated rings. The van der Waals surface area contributed by atoms with Gasteiger partial charge in [0.05, 0.1) is 6.04 Å². The second-order valence-electron chi connectivity index (χ2n) is 8.99. The average Bonchev–Trinajstić information content (AvgIpc) is 3.40. The fourth-order valence-corrected chi connectivity index (χ4v) is 5.08. The minimum absolute atomic E-state index is 0.134. The molecular weight excluding hydrogens is 412 g/mol. The predicted molar refractivity (Wildman–Crippen MR) is 130 cm³/mol. The molecular formula is C28H34N2O3. The molecule has 174 valence electrons. The molecule has 0 radical (unpaired) electrons. The largest absolute Gasteiger partial charge is 0.481 e. The van der Waals surface area contributed by atoms with E-state index < -0.39 is 6.10 Å². The van der Waals surface area contributed by atoms with Gasteiger partial charge in [0.15, 0.2) is 6.10 Å². The Balaban J connectivity index is 1.65. The highest BCUT2D eigenvalue weighted by Crippen LogP contribution is 2.39. The van der Waals surface area contributed by atoms with Crippen molar-refractivity contribution >= 4 is 11.8 Å². The van der Waals surface area contributed by atoms with Crippen molar-refractivity contribution < 1.29 is 14.3 Å². The van der Waals surface area contributed by atoms with Crippen LogP contribution in [-0.4, -0.2) is 35.9 Å². The van der Waals surface area contributed by atoms with Crippen LogP contribution in [0.3, 0.4) is 0 Å². The maximum Gasteiger partial charge on any atom is 0.261 e. The quantitative estimate of drug-likeness (QED) is 0.592. The third-order valence-electron chi connectivity index (χ3n) is 6.81. The first-order valence-electron chi connectivity index (χ1n) is 12.2. The molecule has 1 saturated carbocycles. The number of ether oxygens (including phenoxy) is 1. The van der Waals surface area contributed by atoms with E-state index in [1.165, 1.54) is 5.56 Å². The Labute approximate surface area is 196 Å². The Kier molecular flexibility index (Phi) is 7.48. The molecule has 0 bridgehead atoms. The number of benzene rings is 2. The maximum atomic E-state index is 13.5. The zero-order valence-electron chi connectivity index (χ0n) is 19.5. The fourth-order valence-electron chi connectivity index (χ4n) is 5.08. The number of carbonyl (C=O) groups excluding carboxylic acids is 2. The van der Waals surface area contributed by atoms with Crippen molar-refractivity contribution in [1.82, 2.24) is 10.2 Å². The normalized spacial score (nSPS) is 18.9. The van der Waals surface area contributed by atoms with Crippen LogP contribution in [0, 0.1) is 5.92 Å². The van der Waals surface area contributed by atoms with Gasteiger partial charge < -0.3 is 15.0 Å². The smallest absolute Gasteiger partial charge is 0.261 e. The lowest BCUT2D eigenvalue weighted by Crippen LogP contribution is -2.43. The summed E-state index contributed by atoms with van der Waals surface area (Å²) in [6, 6.07) is 16.2. The van der Waals surface area contributed by atoms with Crippen LogP contribution in [0.4, 0.5) is 0 Å². The van der Waals surface area contributed by atoms with Crippen LogP contribution >= 0.6 is 0 Å². The minimum atomic E-state index is -0.571. The molecule has 2 amide bonds. The highest BCUT2D eigenvalue weighted by atomic mass is 16.5. The third-order valence-corrected chi connectivity index (χ3v) is 6.81. The second-order valence-corrected chi connectivity index (χ2v) is 8.99. The van der Waals surface area contributed by atoms with E-state index in [1.807, 2.05) is 37.3 Å². The lowest BCUT2D eigenvalue weighted by atomic mass is 9.87. The van der Waals surface area contributed by atoms with Gasteiger partial charge in [0.1, 0.15) is 5.75 Å². The maximum absolute atomic E-state index is 13.5. The van der Waals surface area contributed by atoms with Gasteiger partial charge in [-0.1, -0.05) is 62.2 Å². The van der Waals surface area contributed by atoms with E-state index >= 15 is 0 Å². The van der Waals surface area contributed by atoms with Gasteiger partial charge in [0, 0.05) is 19.0 Å². The molecule has 2 atom stereocenters. The van der Waals surface area contributed by atoms with Gasteiger partial charge in [-0.2, -0.15) is 0 Å². The van der Waals surface area contributed by atoms with Gasteiger partial charge in [-0.15, -0.1) is 6.58 Å². The predicted octanol–water partition coefficient (Wildman–Crippen LogP) is 4.81. The Morgan fingerprint density at radius 2 is 1.94 bits per heavy atom. The first-order valence-corrected chi connectivity index (χ1v) is 12.2. The number of nitrogens with one attached hydrogen (secondary N) is 1. The molecule has 0 aromatic heterocycles. The van der Waals surface area contributed by atoms with E-state index in [4.69, 9.17) is 4.74 Å². The van der Waals surface area contributed by atoms with Crippen molar-refractivity contribution in [1.29, 1.82) is 0 Å². The molecule has 2 aliphatic rings. The van der Waals surface area contributed by atoms with E-state index in [0.717, 1.165) is 49.8 Å². The van der Waals surface area contributed by atoms with Gasteiger partial charge in [0.2, 0.25) is 5.91 Å². The monoisotopic (exact) mass is 446 g/mol. The van der Waals surface area contributed by atoms with Crippen molar-refractivity contribution in [3.05, 3.63) is 77.9 Å². The summed E-state index contributed by atoms with van der Waals surface area (Å²) in [7, 11) is 0. The van der Waals surface area contributed by atoms with Crippen molar-refractivity contribution in [2.45, 2.75) is 57.6 Å². The van der Waals surface area contributed by atoms with Crippen molar-refractivity contribution in [3.8, 4) is 5.75 Å². The number of amides is 2. The number of hydrogen-bond acceptors (Lipinski definition) is 3. The van der Waals surface area contributed by atoms with Crippen LogP contribution in [0.5, 0.6) is 5.75 Å². The second kappa shape index (κ2) is 10.7. The zero-order valence-corrected chi connectivity index (χ0v) is 19.5. The van der Waals surface area contributed by atoms with E-state index in [1.54, 1.807) is 6.08 Å². The molecule has 33 heavy (non-hydrogen) atoms. The Hall–Kier alpha value is -3.08. The molecule has 1 aliphatic carbocycles. The summed E-state index contributed by atoms with van der Waals surface area (Å²) in [6.45, 7) is 6.72. The molecule has 1 aliphatic heterocycles. The lowest BCUT2D eigenvalue weighted by Gasteiger charge is -2.39. The number of carbonyl (C=O) groups is 2. The summed E-state index contributed by atoms with van der Waals surface area (Å²) < 4.78 is 6.12. The summed E-state index contributed by atoms with van der Waals surface area (Å²) in [6.07, 6.45) is 6.74.